The fraction of sp³-hybridized carbons (Fsp3) is 0.467. The van der Waals surface area contributed by atoms with Crippen LogP contribution in [0.2, 0.25) is 0 Å². The van der Waals surface area contributed by atoms with E-state index in [1.807, 2.05) is 0 Å². The molecule has 0 aromatic heterocycles. The van der Waals surface area contributed by atoms with Crippen LogP contribution in [-0.2, 0) is 10.0 Å². The lowest BCUT2D eigenvalue weighted by Gasteiger charge is -2.23. The quantitative estimate of drug-likeness (QED) is 0.728. The van der Waals surface area contributed by atoms with Crippen LogP contribution in [0.5, 0.6) is 0 Å². The van der Waals surface area contributed by atoms with Crippen LogP contribution in [0.4, 0.5) is 10.5 Å². The summed E-state index contributed by atoms with van der Waals surface area (Å²) in [4.78, 5) is 23.0. The first-order chi connectivity index (χ1) is 10.8. The fourth-order valence-electron chi connectivity index (χ4n) is 2.10. The molecule has 1 aromatic rings. The van der Waals surface area contributed by atoms with Crippen molar-refractivity contribution in [1.29, 1.82) is 0 Å². The standard InChI is InChI=1S/C15H21N3O4S/c1-11(19)12-4-3-5-14(10-12)18(23(2,21)22)9-8-16-15(20)17-13-6-7-13/h3-5,10,13H,6-9H2,1-2H3,(H2,16,17,20). The van der Waals surface area contributed by atoms with Crippen LogP contribution in [0.1, 0.15) is 30.1 Å². The van der Waals surface area contributed by atoms with E-state index in [0.29, 0.717) is 11.3 Å². The van der Waals surface area contributed by atoms with Gasteiger partial charge in [-0.15, -0.1) is 0 Å². The highest BCUT2D eigenvalue weighted by atomic mass is 32.2. The normalized spacial score (nSPS) is 14.2. The Morgan fingerprint density at radius 3 is 2.57 bits per heavy atom. The second kappa shape index (κ2) is 6.99. The van der Waals surface area contributed by atoms with Gasteiger partial charge in [0.2, 0.25) is 10.0 Å². The summed E-state index contributed by atoms with van der Waals surface area (Å²) >= 11 is 0. The Bertz CT molecular complexity index is 698. The number of carbonyl (C=O) groups excluding carboxylic acids is 2. The predicted octanol–water partition coefficient (Wildman–Crippen LogP) is 1.12. The van der Waals surface area contributed by atoms with Gasteiger partial charge in [-0.05, 0) is 31.9 Å². The molecule has 0 unspecified atom stereocenters. The zero-order valence-corrected chi connectivity index (χ0v) is 14.0. The molecule has 1 fully saturated rings. The van der Waals surface area contributed by atoms with E-state index in [9.17, 15) is 18.0 Å². The topological polar surface area (TPSA) is 95.6 Å². The second-order valence-corrected chi connectivity index (χ2v) is 7.52. The monoisotopic (exact) mass is 339 g/mol. The van der Waals surface area contributed by atoms with Crippen LogP contribution in [-0.4, -0.2) is 45.6 Å². The Labute approximate surface area is 136 Å². The number of ketones is 1. The number of sulfonamides is 1. The number of carbonyl (C=O) groups is 2. The van der Waals surface area contributed by atoms with Gasteiger partial charge in [0.25, 0.3) is 0 Å². The molecule has 0 spiro atoms. The maximum atomic E-state index is 12.0. The first kappa shape index (κ1) is 17.3. The molecule has 0 radical (unpaired) electrons. The highest BCUT2D eigenvalue weighted by molar-refractivity contribution is 7.92. The van der Waals surface area contributed by atoms with Gasteiger partial charge in [-0.25, -0.2) is 13.2 Å². The molecule has 0 aliphatic heterocycles. The number of anilines is 1. The van der Waals surface area contributed by atoms with E-state index in [4.69, 9.17) is 0 Å². The van der Waals surface area contributed by atoms with Crippen molar-refractivity contribution in [2.24, 2.45) is 0 Å². The van der Waals surface area contributed by atoms with Crippen LogP contribution in [0.3, 0.4) is 0 Å². The van der Waals surface area contributed by atoms with Crippen molar-refractivity contribution in [2.75, 3.05) is 23.7 Å². The van der Waals surface area contributed by atoms with E-state index in [2.05, 4.69) is 10.6 Å². The predicted molar refractivity (Wildman–Crippen MR) is 88.2 cm³/mol. The van der Waals surface area contributed by atoms with Crippen molar-refractivity contribution in [1.82, 2.24) is 10.6 Å². The number of rotatable bonds is 7. The molecule has 23 heavy (non-hydrogen) atoms. The van der Waals surface area contributed by atoms with Gasteiger partial charge in [0.1, 0.15) is 0 Å². The smallest absolute Gasteiger partial charge is 0.315 e. The lowest BCUT2D eigenvalue weighted by atomic mass is 10.1. The van der Waals surface area contributed by atoms with Crippen LogP contribution < -0.4 is 14.9 Å². The van der Waals surface area contributed by atoms with Gasteiger partial charge in [-0.3, -0.25) is 9.10 Å². The zero-order chi connectivity index (χ0) is 17.0. The molecule has 0 atom stereocenters. The molecular formula is C15H21N3O4S. The van der Waals surface area contributed by atoms with Gasteiger partial charge < -0.3 is 10.6 Å². The minimum atomic E-state index is -3.52. The molecule has 1 aromatic carbocycles. The van der Waals surface area contributed by atoms with Gasteiger partial charge >= 0.3 is 6.03 Å². The van der Waals surface area contributed by atoms with Crippen LogP contribution in [0.15, 0.2) is 24.3 Å². The number of urea groups is 1. The van der Waals surface area contributed by atoms with Gasteiger partial charge in [-0.2, -0.15) is 0 Å². The van der Waals surface area contributed by atoms with Crippen LogP contribution in [0, 0.1) is 0 Å². The van der Waals surface area contributed by atoms with Crippen LogP contribution >= 0.6 is 0 Å². The summed E-state index contributed by atoms with van der Waals surface area (Å²) in [6, 6.07) is 6.38. The molecular weight excluding hydrogens is 318 g/mol. The van der Waals surface area contributed by atoms with Crippen molar-refractivity contribution in [3.63, 3.8) is 0 Å². The molecule has 7 nitrogen and oxygen atoms in total. The van der Waals surface area contributed by atoms with Gasteiger partial charge in [-0.1, -0.05) is 12.1 Å². The number of hydrogen-bond acceptors (Lipinski definition) is 4. The zero-order valence-electron chi connectivity index (χ0n) is 13.2. The Balaban J connectivity index is 2.03. The number of amides is 2. The number of nitrogens with zero attached hydrogens (tertiary/aromatic N) is 1. The van der Waals surface area contributed by atoms with E-state index >= 15 is 0 Å². The molecule has 2 rings (SSSR count). The number of benzene rings is 1. The lowest BCUT2D eigenvalue weighted by Crippen LogP contribution is -2.42. The fourth-order valence-corrected chi connectivity index (χ4v) is 3.02. The van der Waals surface area contributed by atoms with Crippen molar-refractivity contribution < 1.29 is 18.0 Å². The molecule has 0 bridgehead atoms. The van der Waals surface area contributed by atoms with Crippen molar-refractivity contribution in [2.45, 2.75) is 25.8 Å². The Hall–Kier alpha value is -2.09. The van der Waals surface area contributed by atoms with E-state index in [0.717, 1.165) is 19.1 Å². The third-order valence-electron chi connectivity index (χ3n) is 3.45. The first-order valence-electron chi connectivity index (χ1n) is 7.40. The molecule has 126 valence electrons. The third kappa shape index (κ3) is 5.24. The largest absolute Gasteiger partial charge is 0.336 e. The summed E-state index contributed by atoms with van der Waals surface area (Å²) < 4.78 is 25.2. The summed E-state index contributed by atoms with van der Waals surface area (Å²) in [6.07, 6.45) is 3.07. The number of nitrogens with one attached hydrogen (secondary N) is 2. The molecule has 8 heteroatoms. The van der Waals surface area contributed by atoms with Gasteiger partial charge in [0, 0.05) is 18.2 Å². The highest BCUT2D eigenvalue weighted by Crippen LogP contribution is 2.19. The van der Waals surface area contributed by atoms with Crippen molar-refractivity contribution in [3.05, 3.63) is 29.8 Å². The molecule has 0 saturated heterocycles. The minimum Gasteiger partial charge on any atom is -0.336 e. The molecule has 1 saturated carbocycles. The maximum absolute atomic E-state index is 12.0. The van der Waals surface area contributed by atoms with E-state index in [1.165, 1.54) is 17.3 Å². The maximum Gasteiger partial charge on any atom is 0.315 e. The summed E-state index contributed by atoms with van der Waals surface area (Å²) in [7, 11) is -3.52. The van der Waals surface area contributed by atoms with E-state index in [-0.39, 0.29) is 30.9 Å². The molecule has 1 aliphatic carbocycles. The van der Waals surface area contributed by atoms with Gasteiger partial charge in [0.15, 0.2) is 5.78 Å². The van der Waals surface area contributed by atoms with Crippen molar-refractivity contribution >= 4 is 27.5 Å². The second-order valence-electron chi connectivity index (χ2n) is 5.62. The number of hydrogen-bond donors (Lipinski definition) is 2. The third-order valence-corrected chi connectivity index (χ3v) is 4.65. The summed E-state index contributed by atoms with van der Waals surface area (Å²) in [6.45, 7) is 1.70. The van der Waals surface area contributed by atoms with E-state index in [1.54, 1.807) is 18.2 Å². The molecule has 0 heterocycles. The van der Waals surface area contributed by atoms with Crippen LogP contribution in [0.25, 0.3) is 0 Å². The molecule has 2 N–H and O–H groups in total. The molecule has 1 aliphatic rings. The average molecular weight is 339 g/mol. The SMILES string of the molecule is CC(=O)c1cccc(N(CCNC(=O)NC2CC2)S(C)(=O)=O)c1. The lowest BCUT2D eigenvalue weighted by molar-refractivity contribution is 0.101. The average Bonchev–Trinajstić information content (AvgIpc) is 3.26. The minimum absolute atomic E-state index is 0.0955. The summed E-state index contributed by atoms with van der Waals surface area (Å²) in [5.41, 5.74) is 0.847. The molecule has 2 amide bonds. The van der Waals surface area contributed by atoms with Crippen molar-refractivity contribution in [3.8, 4) is 0 Å². The Morgan fingerprint density at radius 2 is 2.00 bits per heavy atom. The van der Waals surface area contributed by atoms with E-state index < -0.39 is 10.0 Å². The Morgan fingerprint density at radius 1 is 1.30 bits per heavy atom. The highest BCUT2D eigenvalue weighted by Gasteiger charge is 2.23. The Kier molecular flexibility index (Phi) is 5.25. The summed E-state index contributed by atoms with van der Waals surface area (Å²) in [5, 5.41) is 5.41. The van der Waals surface area contributed by atoms with Gasteiger partial charge in [0.05, 0.1) is 18.5 Å². The first-order valence-corrected chi connectivity index (χ1v) is 9.25. The summed E-state index contributed by atoms with van der Waals surface area (Å²) in [5.74, 6) is -0.137. The number of Topliss-reactive ketones (excluding diaryl/α,β-unsaturated/α-hetero) is 1.